The van der Waals surface area contributed by atoms with Crippen LogP contribution in [0, 0.1) is 13.8 Å². The van der Waals surface area contributed by atoms with Crippen molar-refractivity contribution in [2.45, 2.75) is 13.8 Å². The molecule has 1 aromatic carbocycles. The third-order valence-corrected chi connectivity index (χ3v) is 4.09. The molecule has 0 atom stereocenters. The Bertz CT molecular complexity index is 855. The number of nitrogens with zero attached hydrogens (tertiary/aromatic N) is 2. The van der Waals surface area contributed by atoms with Crippen LogP contribution in [0.15, 0.2) is 39.4 Å². The van der Waals surface area contributed by atoms with Crippen molar-refractivity contribution in [2.75, 3.05) is 11.9 Å². The molecule has 0 spiro atoms. The largest absolute Gasteiger partial charge is 0.484 e. The first kappa shape index (κ1) is 16.7. The van der Waals surface area contributed by atoms with Gasteiger partial charge >= 0.3 is 0 Å². The van der Waals surface area contributed by atoms with Crippen molar-refractivity contribution in [2.24, 2.45) is 0 Å². The summed E-state index contributed by atoms with van der Waals surface area (Å²) in [6, 6.07) is 9.33. The van der Waals surface area contributed by atoms with E-state index < -0.39 is 0 Å². The summed E-state index contributed by atoms with van der Waals surface area (Å²) >= 11 is 4.31. The topological polar surface area (TPSA) is 77.2 Å². The third-order valence-electron chi connectivity index (χ3n) is 3.03. The molecule has 0 saturated heterocycles. The van der Waals surface area contributed by atoms with Crippen LogP contribution in [0.2, 0.25) is 0 Å². The van der Waals surface area contributed by atoms with Gasteiger partial charge in [0.05, 0.1) is 0 Å². The first-order chi connectivity index (χ1) is 11.5. The van der Waals surface area contributed by atoms with Gasteiger partial charge in [0.2, 0.25) is 11.0 Å². The molecule has 8 heteroatoms. The number of rotatable bonds is 5. The van der Waals surface area contributed by atoms with E-state index in [-0.39, 0.29) is 12.5 Å². The third kappa shape index (κ3) is 4.21. The predicted octanol–water partition coefficient (Wildman–Crippen LogP) is 4.19. The maximum absolute atomic E-state index is 12.0. The Morgan fingerprint density at radius 1 is 1.29 bits per heavy atom. The van der Waals surface area contributed by atoms with Crippen LogP contribution in [0.1, 0.15) is 11.1 Å². The van der Waals surface area contributed by atoms with Crippen molar-refractivity contribution < 1.29 is 13.9 Å². The molecule has 24 heavy (non-hydrogen) atoms. The molecule has 0 saturated carbocycles. The van der Waals surface area contributed by atoms with Gasteiger partial charge in [0.25, 0.3) is 5.91 Å². The van der Waals surface area contributed by atoms with Crippen molar-refractivity contribution >= 4 is 38.5 Å². The number of amides is 1. The number of halogens is 1. The Morgan fingerprint density at radius 2 is 2.04 bits per heavy atom. The summed E-state index contributed by atoms with van der Waals surface area (Å²) in [4.78, 5) is 16.2. The molecule has 0 radical (unpaired) electrons. The highest BCUT2D eigenvalue weighted by molar-refractivity contribution is 9.10. The molecule has 124 valence electrons. The summed E-state index contributed by atoms with van der Waals surface area (Å²) in [6.45, 7) is 3.87. The van der Waals surface area contributed by atoms with Crippen LogP contribution in [0.4, 0.5) is 5.13 Å². The molecule has 3 rings (SSSR count). The fourth-order valence-electron chi connectivity index (χ4n) is 2.13. The molecule has 1 amide bonds. The molecule has 0 aliphatic heterocycles. The van der Waals surface area contributed by atoms with E-state index in [0.29, 0.717) is 27.1 Å². The standard InChI is InChI=1S/C16H14BrN3O3S/c1-9-5-10(2)7-11(6-9)22-8-14(21)18-16-19-15(20-24-16)12-3-4-13(17)23-12/h3-7H,8H2,1-2H3,(H,18,19,20,21). The number of nitrogens with one attached hydrogen (secondary N) is 1. The van der Waals surface area contributed by atoms with Crippen LogP contribution in [0.25, 0.3) is 11.6 Å². The second kappa shape index (κ2) is 7.14. The number of hydrogen-bond donors (Lipinski definition) is 1. The summed E-state index contributed by atoms with van der Waals surface area (Å²) in [5.74, 6) is 1.33. The van der Waals surface area contributed by atoms with Gasteiger partial charge in [-0.25, -0.2) is 0 Å². The molecular formula is C16H14BrN3O3S. The van der Waals surface area contributed by atoms with Gasteiger partial charge in [0.15, 0.2) is 17.0 Å². The number of benzene rings is 1. The molecule has 0 aliphatic carbocycles. The van der Waals surface area contributed by atoms with Crippen LogP contribution in [-0.2, 0) is 4.79 Å². The lowest BCUT2D eigenvalue weighted by Gasteiger charge is -2.07. The number of hydrogen-bond acceptors (Lipinski definition) is 6. The Kier molecular flexibility index (Phi) is 4.96. The van der Waals surface area contributed by atoms with Crippen LogP contribution in [-0.4, -0.2) is 21.9 Å². The molecule has 2 aromatic heterocycles. The quantitative estimate of drug-likeness (QED) is 0.685. The van der Waals surface area contributed by atoms with E-state index in [1.807, 2.05) is 32.0 Å². The number of aryl methyl sites for hydroxylation is 2. The van der Waals surface area contributed by atoms with Crippen LogP contribution >= 0.6 is 27.5 Å². The number of anilines is 1. The second-order valence-electron chi connectivity index (χ2n) is 5.19. The highest BCUT2D eigenvalue weighted by Crippen LogP contribution is 2.25. The van der Waals surface area contributed by atoms with E-state index in [1.165, 1.54) is 0 Å². The minimum atomic E-state index is -0.294. The van der Waals surface area contributed by atoms with Gasteiger partial charge in [-0.1, -0.05) is 6.07 Å². The Balaban J connectivity index is 1.58. The fraction of sp³-hybridized carbons (Fsp3) is 0.188. The number of furan rings is 1. The van der Waals surface area contributed by atoms with Crippen LogP contribution in [0.5, 0.6) is 5.75 Å². The van der Waals surface area contributed by atoms with Gasteiger partial charge in [-0.05, 0) is 65.2 Å². The Labute approximate surface area is 151 Å². The number of carbonyl (C=O) groups excluding carboxylic acids is 1. The minimum Gasteiger partial charge on any atom is -0.484 e. The number of carbonyl (C=O) groups is 1. The summed E-state index contributed by atoms with van der Waals surface area (Å²) in [5.41, 5.74) is 2.17. The van der Waals surface area contributed by atoms with Crippen LogP contribution in [0.3, 0.4) is 0 Å². The molecule has 0 unspecified atom stereocenters. The van der Waals surface area contributed by atoms with Crippen molar-refractivity contribution in [1.29, 1.82) is 0 Å². The van der Waals surface area contributed by atoms with Crippen molar-refractivity contribution in [3.63, 3.8) is 0 Å². The van der Waals surface area contributed by atoms with E-state index in [1.54, 1.807) is 12.1 Å². The summed E-state index contributed by atoms with van der Waals surface area (Å²) in [6.07, 6.45) is 0. The highest BCUT2D eigenvalue weighted by atomic mass is 79.9. The lowest BCUT2D eigenvalue weighted by atomic mass is 10.1. The zero-order valence-corrected chi connectivity index (χ0v) is 15.4. The zero-order chi connectivity index (χ0) is 17.1. The smallest absolute Gasteiger partial charge is 0.264 e. The predicted molar refractivity (Wildman–Crippen MR) is 95.4 cm³/mol. The number of ether oxygens (including phenoxy) is 1. The van der Waals surface area contributed by atoms with Crippen LogP contribution < -0.4 is 10.1 Å². The summed E-state index contributed by atoms with van der Waals surface area (Å²) in [7, 11) is 0. The zero-order valence-electron chi connectivity index (χ0n) is 13.0. The van der Waals surface area contributed by atoms with Gasteiger partial charge in [0, 0.05) is 11.5 Å². The van der Waals surface area contributed by atoms with E-state index in [2.05, 4.69) is 30.6 Å². The van der Waals surface area contributed by atoms with Gasteiger partial charge in [-0.3, -0.25) is 10.1 Å². The lowest BCUT2D eigenvalue weighted by Crippen LogP contribution is -2.20. The van der Waals surface area contributed by atoms with E-state index in [9.17, 15) is 4.79 Å². The normalized spacial score (nSPS) is 10.6. The van der Waals surface area contributed by atoms with Gasteiger partial charge in [0.1, 0.15) is 5.75 Å². The molecular weight excluding hydrogens is 394 g/mol. The first-order valence-corrected chi connectivity index (χ1v) is 8.66. The van der Waals surface area contributed by atoms with Crippen molar-refractivity contribution in [3.05, 3.63) is 46.1 Å². The molecule has 2 heterocycles. The lowest BCUT2D eigenvalue weighted by molar-refractivity contribution is -0.118. The molecule has 0 fully saturated rings. The molecule has 1 N–H and O–H groups in total. The van der Waals surface area contributed by atoms with Gasteiger partial charge in [-0.15, -0.1) is 0 Å². The average Bonchev–Trinajstić information content (AvgIpc) is 3.13. The minimum absolute atomic E-state index is 0.0931. The van der Waals surface area contributed by atoms with Crippen molar-refractivity contribution in [1.82, 2.24) is 9.36 Å². The highest BCUT2D eigenvalue weighted by Gasteiger charge is 2.12. The maximum Gasteiger partial charge on any atom is 0.264 e. The summed E-state index contributed by atoms with van der Waals surface area (Å²) in [5, 5.41) is 3.06. The SMILES string of the molecule is Cc1cc(C)cc(OCC(=O)Nc2nc(-c3ccc(Br)o3)ns2)c1. The van der Waals surface area contributed by atoms with Gasteiger partial charge in [-0.2, -0.15) is 9.36 Å². The van der Waals surface area contributed by atoms with E-state index >= 15 is 0 Å². The first-order valence-electron chi connectivity index (χ1n) is 7.10. The van der Waals surface area contributed by atoms with E-state index in [4.69, 9.17) is 9.15 Å². The second-order valence-corrected chi connectivity index (χ2v) is 6.72. The number of aromatic nitrogens is 2. The fourth-order valence-corrected chi connectivity index (χ4v) is 3.03. The average molecular weight is 408 g/mol. The molecule has 0 aliphatic rings. The molecule has 0 bridgehead atoms. The Morgan fingerprint density at radius 3 is 2.71 bits per heavy atom. The summed E-state index contributed by atoms with van der Waals surface area (Å²) < 4.78 is 15.6. The Hall–Kier alpha value is -2.19. The van der Waals surface area contributed by atoms with Crippen molar-refractivity contribution in [3.8, 4) is 17.3 Å². The van der Waals surface area contributed by atoms with Gasteiger partial charge < -0.3 is 9.15 Å². The molecule has 6 nitrogen and oxygen atoms in total. The van der Waals surface area contributed by atoms with E-state index in [0.717, 1.165) is 22.7 Å². The monoisotopic (exact) mass is 407 g/mol. The maximum atomic E-state index is 12.0. The molecule has 3 aromatic rings.